The Hall–Kier alpha value is -1.79. The summed E-state index contributed by atoms with van der Waals surface area (Å²) in [5.74, 6) is -0.412. The second kappa shape index (κ2) is 6.32. The summed E-state index contributed by atoms with van der Waals surface area (Å²) >= 11 is 1.55. The average Bonchev–Trinajstić information content (AvgIpc) is 3.00. The minimum absolute atomic E-state index is 0.0594. The van der Waals surface area contributed by atoms with Gasteiger partial charge in [0.1, 0.15) is 5.82 Å². The number of carbonyl (C=O) groups is 1. The number of nitrogens with zero attached hydrogens (tertiary/aromatic N) is 2. The molecule has 1 fully saturated rings. The van der Waals surface area contributed by atoms with Gasteiger partial charge in [-0.1, -0.05) is 12.1 Å². The third-order valence-corrected chi connectivity index (χ3v) is 4.37. The largest absolute Gasteiger partial charge is 0.308 e. The number of piperidine rings is 1. The smallest absolute Gasteiger partial charge is 0.244 e. The maximum absolute atomic E-state index is 13.9. The monoisotopic (exact) mass is 305 g/mol. The quantitative estimate of drug-likeness (QED) is 0.944. The van der Waals surface area contributed by atoms with E-state index in [9.17, 15) is 9.18 Å². The Balaban J connectivity index is 1.70. The number of amides is 1. The molecule has 0 unspecified atom stereocenters. The molecular weight excluding hydrogens is 289 g/mol. The van der Waals surface area contributed by atoms with E-state index in [0.29, 0.717) is 18.8 Å². The fourth-order valence-corrected chi connectivity index (χ4v) is 3.07. The molecule has 1 saturated heterocycles. The molecule has 6 heteroatoms. The number of carbonyl (C=O) groups excluding carboxylic acids is 1. The third-order valence-electron chi connectivity index (χ3n) is 3.59. The molecule has 4 nitrogen and oxygen atoms in total. The maximum atomic E-state index is 13.9. The van der Waals surface area contributed by atoms with Gasteiger partial charge < -0.3 is 10.2 Å². The van der Waals surface area contributed by atoms with Crippen molar-refractivity contribution in [3.8, 4) is 0 Å². The zero-order valence-corrected chi connectivity index (χ0v) is 12.3. The lowest BCUT2D eigenvalue weighted by Crippen LogP contribution is -2.50. The summed E-state index contributed by atoms with van der Waals surface area (Å²) in [6, 6.07) is 6.16. The van der Waals surface area contributed by atoms with Crippen molar-refractivity contribution in [1.29, 1.82) is 0 Å². The molecular formula is C15H16FN3OS. The van der Waals surface area contributed by atoms with Crippen LogP contribution in [-0.2, 0) is 11.3 Å². The predicted molar refractivity (Wildman–Crippen MR) is 80.7 cm³/mol. The number of benzene rings is 1. The number of hydrogen-bond acceptors (Lipinski definition) is 4. The zero-order chi connectivity index (χ0) is 14.7. The Bertz CT molecular complexity index is 617. The highest BCUT2D eigenvalue weighted by atomic mass is 32.1. The van der Waals surface area contributed by atoms with E-state index < -0.39 is 0 Å². The molecule has 1 aromatic carbocycles. The normalized spacial score (nSPS) is 19.0. The molecule has 0 radical (unpaired) electrons. The summed E-state index contributed by atoms with van der Waals surface area (Å²) in [6.45, 7) is 1.19. The summed E-state index contributed by atoms with van der Waals surface area (Å²) < 4.78 is 13.9. The topological polar surface area (TPSA) is 45.2 Å². The van der Waals surface area contributed by atoms with Crippen molar-refractivity contribution in [2.24, 2.45) is 0 Å². The van der Waals surface area contributed by atoms with E-state index in [4.69, 9.17) is 0 Å². The summed E-state index contributed by atoms with van der Waals surface area (Å²) in [6.07, 6.45) is 3.43. The Morgan fingerprint density at radius 3 is 3.05 bits per heavy atom. The molecule has 1 aromatic heterocycles. The van der Waals surface area contributed by atoms with Crippen LogP contribution in [0.2, 0.25) is 0 Å². The molecule has 0 bridgehead atoms. The van der Waals surface area contributed by atoms with Crippen LogP contribution in [0.25, 0.3) is 0 Å². The first kappa shape index (κ1) is 14.2. The SMILES string of the molecule is O=C1[C@@H](NCc2cncs2)CCCN1c1ccccc1F. The van der Waals surface area contributed by atoms with Gasteiger partial charge in [-0.05, 0) is 25.0 Å². The first-order valence-corrected chi connectivity index (χ1v) is 7.80. The lowest BCUT2D eigenvalue weighted by atomic mass is 10.0. The van der Waals surface area contributed by atoms with Crippen molar-refractivity contribution in [2.45, 2.75) is 25.4 Å². The van der Waals surface area contributed by atoms with Crippen molar-refractivity contribution in [3.05, 3.63) is 46.7 Å². The van der Waals surface area contributed by atoms with E-state index in [1.165, 1.54) is 6.07 Å². The molecule has 1 N–H and O–H groups in total. The molecule has 2 heterocycles. The number of nitrogens with one attached hydrogen (secondary N) is 1. The van der Waals surface area contributed by atoms with Gasteiger partial charge in [-0.25, -0.2) is 4.39 Å². The number of rotatable bonds is 4. The van der Waals surface area contributed by atoms with E-state index in [2.05, 4.69) is 10.3 Å². The van der Waals surface area contributed by atoms with Crippen LogP contribution in [-0.4, -0.2) is 23.5 Å². The Kier molecular flexibility index (Phi) is 4.26. The van der Waals surface area contributed by atoms with E-state index in [-0.39, 0.29) is 17.8 Å². The lowest BCUT2D eigenvalue weighted by Gasteiger charge is -2.32. The van der Waals surface area contributed by atoms with Gasteiger partial charge in [0.05, 0.1) is 17.2 Å². The Morgan fingerprint density at radius 1 is 1.43 bits per heavy atom. The highest BCUT2D eigenvalue weighted by molar-refractivity contribution is 7.09. The van der Waals surface area contributed by atoms with Crippen LogP contribution in [0, 0.1) is 5.82 Å². The molecule has 21 heavy (non-hydrogen) atoms. The van der Waals surface area contributed by atoms with E-state index in [1.54, 1.807) is 46.1 Å². The number of hydrogen-bond donors (Lipinski definition) is 1. The predicted octanol–water partition coefficient (Wildman–Crippen LogP) is 2.57. The van der Waals surface area contributed by atoms with Crippen LogP contribution < -0.4 is 10.2 Å². The van der Waals surface area contributed by atoms with Crippen molar-refractivity contribution >= 4 is 22.9 Å². The van der Waals surface area contributed by atoms with Crippen LogP contribution >= 0.6 is 11.3 Å². The van der Waals surface area contributed by atoms with Crippen molar-refractivity contribution in [2.75, 3.05) is 11.4 Å². The van der Waals surface area contributed by atoms with Crippen molar-refractivity contribution < 1.29 is 9.18 Å². The molecule has 3 rings (SSSR count). The summed E-state index contributed by atoms with van der Waals surface area (Å²) in [4.78, 5) is 19.2. The lowest BCUT2D eigenvalue weighted by molar-refractivity contribution is -0.121. The first-order chi connectivity index (χ1) is 10.3. The van der Waals surface area contributed by atoms with Gasteiger partial charge in [0.2, 0.25) is 5.91 Å². The van der Waals surface area contributed by atoms with Crippen LogP contribution in [0.5, 0.6) is 0 Å². The van der Waals surface area contributed by atoms with E-state index >= 15 is 0 Å². The number of thiazole rings is 1. The molecule has 0 aliphatic carbocycles. The van der Waals surface area contributed by atoms with Gasteiger partial charge in [-0.3, -0.25) is 9.78 Å². The number of anilines is 1. The number of halogens is 1. The van der Waals surface area contributed by atoms with Crippen molar-refractivity contribution in [3.63, 3.8) is 0 Å². The van der Waals surface area contributed by atoms with Gasteiger partial charge in [-0.15, -0.1) is 11.3 Å². The summed E-state index contributed by atoms with van der Waals surface area (Å²) in [5, 5.41) is 3.25. The molecule has 1 atom stereocenters. The van der Waals surface area contributed by atoms with Crippen LogP contribution in [0.3, 0.4) is 0 Å². The van der Waals surface area contributed by atoms with Gasteiger partial charge >= 0.3 is 0 Å². The van der Waals surface area contributed by atoms with Crippen LogP contribution in [0.4, 0.5) is 10.1 Å². The Labute approximate surface area is 126 Å². The molecule has 1 aliphatic heterocycles. The highest BCUT2D eigenvalue weighted by Gasteiger charge is 2.30. The third kappa shape index (κ3) is 3.11. The van der Waals surface area contributed by atoms with E-state index in [0.717, 1.165) is 17.7 Å². The highest BCUT2D eigenvalue weighted by Crippen LogP contribution is 2.24. The molecule has 0 spiro atoms. The fourth-order valence-electron chi connectivity index (χ4n) is 2.53. The molecule has 2 aromatic rings. The summed E-state index contributed by atoms with van der Waals surface area (Å²) in [5.41, 5.74) is 2.14. The zero-order valence-electron chi connectivity index (χ0n) is 11.5. The van der Waals surface area contributed by atoms with Crippen LogP contribution in [0.15, 0.2) is 36.0 Å². The molecule has 1 amide bonds. The van der Waals surface area contributed by atoms with Gasteiger partial charge in [-0.2, -0.15) is 0 Å². The van der Waals surface area contributed by atoms with Crippen molar-refractivity contribution in [1.82, 2.24) is 10.3 Å². The fraction of sp³-hybridized carbons (Fsp3) is 0.333. The minimum Gasteiger partial charge on any atom is -0.308 e. The maximum Gasteiger partial charge on any atom is 0.244 e. The number of para-hydroxylation sites is 1. The van der Waals surface area contributed by atoms with Gasteiger partial charge in [0.15, 0.2) is 0 Å². The molecule has 110 valence electrons. The van der Waals surface area contributed by atoms with E-state index in [1.807, 2.05) is 0 Å². The minimum atomic E-state index is -0.353. The second-order valence-corrected chi connectivity index (χ2v) is 5.96. The molecule has 0 saturated carbocycles. The molecule has 1 aliphatic rings. The standard InChI is InChI=1S/C15H16FN3OS/c16-12-4-1-2-6-14(12)19-7-3-5-13(15(19)20)18-9-11-8-17-10-21-11/h1-2,4,6,8,10,13,18H,3,5,7,9H2/t13-/m0/s1. The first-order valence-electron chi connectivity index (χ1n) is 6.92. The average molecular weight is 305 g/mol. The van der Waals surface area contributed by atoms with Gasteiger partial charge in [0.25, 0.3) is 0 Å². The summed E-state index contributed by atoms with van der Waals surface area (Å²) in [7, 11) is 0. The van der Waals surface area contributed by atoms with Gasteiger partial charge in [0, 0.05) is 24.2 Å². The Morgan fingerprint density at radius 2 is 2.29 bits per heavy atom. The van der Waals surface area contributed by atoms with Crippen LogP contribution in [0.1, 0.15) is 17.7 Å². The number of aromatic nitrogens is 1. The second-order valence-electron chi connectivity index (χ2n) is 4.98.